The molecule has 0 fully saturated rings. The molecular weight excluding hydrogens is 1070 g/mol. The number of hydrogen-bond donors (Lipinski definition) is 5. The first kappa shape index (κ1) is 64.3. The Hall–Kier alpha value is -2.72. The first-order valence-corrected chi connectivity index (χ1v) is 21.8. The van der Waals surface area contributed by atoms with Gasteiger partial charge in [0.15, 0.2) is 0 Å². The fourth-order valence-corrected chi connectivity index (χ4v) is 7.30. The molecule has 6 rings (SSSR count). The van der Waals surface area contributed by atoms with Gasteiger partial charge in [-0.2, -0.15) is 38.0 Å². The molecule has 0 amide bonds. The van der Waals surface area contributed by atoms with Crippen molar-refractivity contribution in [2.75, 3.05) is 27.4 Å². The zero-order chi connectivity index (χ0) is 46.6. The summed E-state index contributed by atoms with van der Waals surface area (Å²) in [5.74, 6) is -2.15. The molecule has 0 aliphatic carbocycles. The van der Waals surface area contributed by atoms with Crippen molar-refractivity contribution in [3.8, 4) is 0 Å². The summed E-state index contributed by atoms with van der Waals surface area (Å²) in [6.07, 6.45) is -1.41. The zero-order valence-electron chi connectivity index (χ0n) is 34.8. The normalized spacial score (nSPS) is 11.3. The number of anilines is 8. The summed E-state index contributed by atoms with van der Waals surface area (Å²) in [6.45, 7) is 0. The van der Waals surface area contributed by atoms with Crippen LogP contribution in [0, 0.1) is 12.0 Å². The van der Waals surface area contributed by atoms with Crippen molar-refractivity contribution in [1.82, 2.24) is 24.9 Å². The van der Waals surface area contributed by atoms with E-state index in [0.717, 1.165) is 42.5 Å². The Balaban J connectivity index is 0.00000476. The molecule has 69 heavy (non-hydrogen) atoms. The Morgan fingerprint density at radius 3 is 1.78 bits per heavy atom. The van der Waals surface area contributed by atoms with E-state index in [9.17, 15) is 52.9 Å². The topological polar surface area (TPSA) is 415 Å². The Kier molecular flexibility index (Phi) is 25.5. The van der Waals surface area contributed by atoms with Crippen molar-refractivity contribution < 1.29 is 181 Å². The first-order valence-electron chi connectivity index (χ1n) is 16.4. The second-order valence-corrected chi connectivity index (χ2v) is 17.1. The van der Waals surface area contributed by atoms with Crippen molar-refractivity contribution >= 4 is 123 Å². The number of nitrogens with two attached hydrogens (primary N) is 2. The van der Waals surface area contributed by atoms with Crippen molar-refractivity contribution in [3.63, 3.8) is 0 Å². The SMILES string of the molecule is C.Nc1c(N=Nc2cc(Nc3nc(Cl)nc(Nc4cccc(S(=O)(=O)[O-])c4)n3)ccc2S(=O)(=O)[O-])cc(S(=O)(=O)[O-])c(N)c1N=Nc1cc(Nc2cc(F)nc(F)n2)ccc1SOO[O-].[Na+].[Na+].[Na+].[Na+]. The third-order valence-electron chi connectivity index (χ3n) is 7.63. The number of nitrogens with one attached hydrogen (secondary N) is 3. The average Bonchev–Trinajstić information content (AvgIpc) is 3.18. The molecule has 0 aliphatic heterocycles. The summed E-state index contributed by atoms with van der Waals surface area (Å²) in [5, 5.41) is 36.7. The van der Waals surface area contributed by atoms with Crippen LogP contribution in [-0.4, -0.2) is 63.8 Å². The van der Waals surface area contributed by atoms with Crippen LogP contribution in [0.25, 0.3) is 0 Å². The number of nitrogen functional groups attached to an aromatic ring is 2. The Labute approximate surface area is 487 Å². The predicted octanol–water partition coefficient (Wildman–Crippen LogP) is -6.59. The second kappa shape index (κ2) is 27.4. The van der Waals surface area contributed by atoms with Gasteiger partial charge < -0.3 is 46.3 Å². The van der Waals surface area contributed by atoms with Crippen molar-refractivity contribution in [3.05, 3.63) is 90.1 Å². The van der Waals surface area contributed by atoms with E-state index >= 15 is 0 Å². The van der Waals surface area contributed by atoms with Gasteiger partial charge in [0.2, 0.25) is 23.1 Å². The van der Waals surface area contributed by atoms with Gasteiger partial charge in [-0.05, 0) is 72.3 Å². The minimum atomic E-state index is -5.46. The molecule has 342 valence electrons. The van der Waals surface area contributed by atoms with E-state index in [0.29, 0.717) is 18.1 Å². The summed E-state index contributed by atoms with van der Waals surface area (Å²) >= 11 is 6.34. The molecule has 2 heterocycles. The van der Waals surface area contributed by atoms with E-state index < -0.39 is 90.8 Å². The first-order chi connectivity index (χ1) is 30.1. The monoisotopic (exact) mass is 1090 g/mol. The fraction of sp³-hybridized carbons (Fsp3) is 0.0312. The number of aromatic nitrogens is 5. The van der Waals surface area contributed by atoms with Crippen molar-refractivity contribution in [2.45, 2.75) is 27.0 Å². The standard InChI is InChI=1S/C31H23ClF2N14O12S4.CH4.4Na/c32-28-42-30(38-13-2-1-3-16(8-13)62(50,51)52)44-31(43-28)39-15-5-7-21(63(53,54)55)18(10-15)46-47-19-11-22(64(56,57)58)26(36)27(25(19)35)48-45-17-9-14(4-6-20(17)61-60-59-49)37-24-12-23(33)40-29(34)41-24;;;;;/h1-12,49H,35-36H2,(H,37,40,41)(H,50,51,52)(H,53,54,55)(H,56,57,58)(H2,38,39,42,43,44);1H4;;;;/q;;4*+1/p-4. The minimum absolute atomic E-state index is 0. The van der Waals surface area contributed by atoms with Crippen LogP contribution < -0.4 is 151 Å². The van der Waals surface area contributed by atoms with Crippen molar-refractivity contribution in [2.24, 2.45) is 20.5 Å². The number of halogens is 3. The van der Waals surface area contributed by atoms with Gasteiger partial charge in [0.25, 0.3) is 0 Å². The van der Waals surface area contributed by atoms with E-state index in [1.807, 2.05) is 0 Å². The van der Waals surface area contributed by atoms with Gasteiger partial charge >= 0.3 is 124 Å². The van der Waals surface area contributed by atoms with Crippen LogP contribution >= 0.6 is 23.6 Å². The minimum Gasteiger partial charge on any atom is -0.744 e. The Morgan fingerprint density at radius 1 is 0.623 bits per heavy atom. The van der Waals surface area contributed by atoms with E-state index in [1.54, 1.807) is 0 Å². The van der Waals surface area contributed by atoms with Gasteiger partial charge in [-0.25, -0.2) is 25.3 Å². The predicted molar refractivity (Wildman–Crippen MR) is 218 cm³/mol. The summed E-state index contributed by atoms with van der Waals surface area (Å²) in [7, 11) is -15.6. The van der Waals surface area contributed by atoms with E-state index in [2.05, 4.69) is 70.7 Å². The van der Waals surface area contributed by atoms with Crippen molar-refractivity contribution in [1.29, 1.82) is 0 Å². The quantitative estimate of drug-likeness (QED) is 0.00692. The average molecular weight is 1090 g/mol. The molecule has 26 nitrogen and oxygen atoms in total. The van der Waals surface area contributed by atoms with E-state index in [-0.39, 0.29) is 171 Å². The van der Waals surface area contributed by atoms with Crippen LogP contribution in [0.1, 0.15) is 7.43 Å². The fourth-order valence-electron chi connectivity index (χ4n) is 5.00. The molecule has 0 aliphatic rings. The van der Waals surface area contributed by atoms with Gasteiger partial charge in [-0.3, -0.25) is 5.04 Å². The summed E-state index contributed by atoms with van der Waals surface area (Å²) < 4.78 is 140. The summed E-state index contributed by atoms with van der Waals surface area (Å²) in [4.78, 5) is 15.4. The third kappa shape index (κ3) is 17.8. The molecule has 0 radical (unpaired) electrons. The van der Waals surface area contributed by atoms with Crippen LogP contribution in [0.4, 0.5) is 77.7 Å². The summed E-state index contributed by atoms with van der Waals surface area (Å²) in [6, 6.07) is 12.6. The molecule has 0 bridgehead atoms. The van der Waals surface area contributed by atoms with Crippen LogP contribution in [0.3, 0.4) is 0 Å². The second-order valence-electron chi connectivity index (χ2n) is 11.9. The maximum Gasteiger partial charge on any atom is 1.00 e. The number of benzene rings is 4. The molecular formula is C32H23ClF2N14Na4O12S4. The molecule has 0 unspecified atom stereocenters. The number of rotatable bonds is 16. The number of nitrogens with zero attached hydrogens (tertiary/aromatic N) is 9. The van der Waals surface area contributed by atoms with Crippen LogP contribution in [-0.2, 0) is 39.7 Å². The molecule has 2 aromatic heterocycles. The zero-order valence-corrected chi connectivity index (χ0v) is 46.8. The Morgan fingerprint density at radius 2 is 1.19 bits per heavy atom. The van der Waals surface area contributed by atoms with Crippen LogP contribution in [0.2, 0.25) is 5.28 Å². The number of hydrogen-bond acceptors (Lipinski definition) is 27. The van der Waals surface area contributed by atoms with E-state index in [1.165, 1.54) is 24.3 Å². The number of azo groups is 2. The third-order valence-corrected chi connectivity index (χ3v) is 11.0. The maximum atomic E-state index is 13.7. The summed E-state index contributed by atoms with van der Waals surface area (Å²) in [5.41, 5.74) is 8.42. The molecule has 37 heteroatoms. The van der Waals surface area contributed by atoms with Gasteiger partial charge in [-0.15, -0.1) is 20.5 Å². The molecule has 0 saturated heterocycles. The largest absolute Gasteiger partial charge is 1.00 e. The molecule has 6 aromatic rings. The molecule has 7 N–H and O–H groups in total. The van der Waals surface area contributed by atoms with Gasteiger partial charge in [0.1, 0.15) is 58.9 Å². The van der Waals surface area contributed by atoms with E-state index in [4.69, 9.17) is 23.1 Å². The smallest absolute Gasteiger partial charge is 0.744 e. The molecule has 0 spiro atoms. The molecule has 4 aromatic carbocycles. The molecule has 0 atom stereocenters. The molecule has 0 saturated carbocycles. The van der Waals surface area contributed by atoms with Gasteiger partial charge in [0, 0.05) is 23.1 Å². The van der Waals surface area contributed by atoms with Gasteiger partial charge in [0.05, 0.1) is 43.0 Å². The van der Waals surface area contributed by atoms with Crippen LogP contribution in [0.5, 0.6) is 0 Å². The Bertz CT molecular complexity index is 3220. The van der Waals surface area contributed by atoms with Gasteiger partial charge in [-0.1, -0.05) is 13.5 Å². The van der Waals surface area contributed by atoms with Crippen LogP contribution in [0.15, 0.2) is 113 Å². The maximum absolute atomic E-state index is 13.7.